The molecule has 16 heavy (non-hydrogen) atoms. The van der Waals surface area contributed by atoms with Gasteiger partial charge in [-0.25, -0.2) is 0 Å². The number of hydrogen-bond donors (Lipinski definition) is 2. The fourth-order valence-electron chi connectivity index (χ4n) is 2.15. The highest BCUT2D eigenvalue weighted by Crippen LogP contribution is 2.24. The Morgan fingerprint density at radius 3 is 3.00 bits per heavy atom. The summed E-state index contributed by atoms with van der Waals surface area (Å²) in [6.07, 6.45) is 3.39. The van der Waals surface area contributed by atoms with E-state index in [-0.39, 0.29) is 24.4 Å². The van der Waals surface area contributed by atoms with E-state index in [1.807, 2.05) is 16.8 Å². The van der Waals surface area contributed by atoms with Crippen LogP contribution in [0, 0.1) is 5.92 Å². The van der Waals surface area contributed by atoms with Crippen molar-refractivity contribution in [1.29, 1.82) is 0 Å². The van der Waals surface area contributed by atoms with Gasteiger partial charge in [0.15, 0.2) is 0 Å². The van der Waals surface area contributed by atoms with E-state index in [0.29, 0.717) is 12.5 Å². The van der Waals surface area contributed by atoms with Gasteiger partial charge in [0.1, 0.15) is 0 Å². The van der Waals surface area contributed by atoms with Gasteiger partial charge < -0.3 is 11.1 Å². The Morgan fingerprint density at radius 2 is 2.38 bits per heavy atom. The molecule has 0 saturated heterocycles. The lowest BCUT2D eigenvalue weighted by atomic mass is 10.0. The van der Waals surface area contributed by atoms with Crippen LogP contribution < -0.4 is 11.1 Å². The molecule has 0 radical (unpaired) electrons. The van der Waals surface area contributed by atoms with Crippen LogP contribution in [0.15, 0.2) is 16.8 Å². The second-order valence-corrected chi connectivity index (χ2v) is 4.80. The highest BCUT2D eigenvalue weighted by Gasteiger charge is 2.27. The van der Waals surface area contributed by atoms with Crippen LogP contribution in [0.5, 0.6) is 0 Å². The topological polar surface area (TPSA) is 55.1 Å². The molecule has 5 heteroatoms. The van der Waals surface area contributed by atoms with Gasteiger partial charge in [0.2, 0.25) is 0 Å². The van der Waals surface area contributed by atoms with Gasteiger partial charge in [-0.15, -0.1) is 12.4 Å². The summed E-state index contributed by atoms with van der Waals surface area (Å²) in [6.45, 7) is 0.675. The average molecular weight is 261 g/mol. The van der Waals surface area contributed by atoms with Crippen LogP contribution in [0.3, 0.4) is 0 Å². The molecule has 2 unspecified atom stereocenters. The fraction of sp³-hybridized carbons (Fsp3) is 0.545. The Bertz CT molecular complexity index is 329. The predicted molar refractivity (Wildman–Crippen MR) is 69.2 cm³/mol. The molecule has 1 aromatic rings. The molecule has 1 amide bonds. The smallest absolute Gasteiger partial charge is 0.252 e. The summed E-state index contributed by atoms with van der Waals surface area (Å²) in [4.78, 5) is 11.8. The van der Waals surface area contributed by atoms with Gasteiger partial charge in [-0.1, -0.05) is 6.42 Å². The molecule has 1 aliphatic rings. The number of rotatable bonds is 3. The normalized spacial score (nSPS) is 23.8. The van der Waals surface area contributed by atoms with E-state index in [0.717, 1.165) is 18.4 Å². The maximum Gasteiger partial charge on any atom is 0.252 e. The van der Waals surface area contributed by atoms with Gasteiger partial charge in [-0.3, -0.25) is 4.79 Å². The Morgan fingerprint density at radius 1 is 1.56 bits per heavy atom. The molecule has 0 aromatic carbocycles. The monoisotopic (exact) mass is 260 g/mol. The molecular formula is C11H17ClN2OS. The van der Waals surface area contributed by atoms with Crippen molar-refractivity contribution in [3.8, 4) is 0 Å². The van der Waals surface area contributed by atoms with Crippen molar-refractivity contribution in [2.24, 2.45) is 11.7 Å². The van der Waals surface area contributed by atoms with Gasteiger partial charge in [-0.05, 0) is 36.8 Å². The molecule has 0 aliphatic heterocycles. The Labute approximate surface area is 106 Å². The summed E-state index contributed by atoms with van der Waals surface area (Å²) in [7, 11) is 0. The molecule has 2 atom stereocenters. The van der Waals surface area contributed by atoms with Gasteiger partial charge in [0.25, 0.3) is 5.91 Å². The Balaban J connectivity index is 0.00000128. The fourth-order valence-corrected chi connectivity index (χ4v) is 2.79. The molecule has 1 fully saturated rings. The van der Waals surface area contributed by atoms with Crippen molar-refractivity contribution in [2.45, 2.75) is 25.3 Å². The molecule has 3 nitrogen and oxygen atoms in total. The summed E-state index contributed by atoms with van der Waals surface area (Å²) in [6, 6.07) is 2.13. The molecular weight excluding hydrogens is 244 g/mol. The summed E-state index contributed by atoms with van der Waals surface area (Å²) < 4.78 is 0. The van der Waals surface area contributed by atoms with E-state index in [9.17, 15) is 4.79 Å². The van der Waals surface area contributed by atoms with Crippen molar-refractivity contribution in [1.82, 2.24) is 5.32 Å². The number of nitrogens with two attached hydrogens (primary N) is 1. The minimum Gasteiger partial charge on any atom is -0.349 e. The molecule has 1 saturated carbocycles. The van der Waals surface area contributed by atoms with Crippen LogP contribution >= 0.6 is 23.7 Å². The number of amides is 1. The van der Waals surface area contributed by atoms with E-state index < -0.39 is 0 Å². The minimum absolute atomic E-state index is 0. The lowest BCUT2D eigenvalue weighted by molar-refractivity contribution is 0.0929. The zero-order valence-corrected chi connectivity index (χ0v) is 10.7. The third kappa shape index (κ3) is 2.97. The van der Waals surface area contributed by atoms with Gasteiger partial charge in [0, 0.05) is 17.0 Å². The molecule has 1 heterocycles. The first-order chi connectivity index (χ1) is 7.31. The largest absolute Gasteiger partial charge is 0.349 e. The molecule has 1 aliphatic carbocycles. The maximum absolute atomic E-state index is 11.8. The van der Waals surface area contributed by atoms with Crippen LogP contribution in [0.4, 0.5) is 0 Å². The van der Waals surface area contributed by atoms with Crippen molar-refractivity contribution in [3.63, 3.8) is 0 Å². The highest BCUT2D eigenvalue weighted by atomic mass is 35.5. The van der Waals surface area contributed by atoms with Crippen molar-refractivity contribution < 1.29 is 4.79 Å². The van der Waals surface area contributed by atoms with E-state index in [1.165, 1.54) is 6.42 Å². The number of nitrogens with one attached hydrogen (secondary N) is 1. The van der Waals surface area contributed by atoms with Crippen LogP contribution in [0.25, 0.3) is 0 Å². The van der Waals surface area contributed by atoms with Crippen molar-refractivity contribution in [2.75, 3.05) is 6.54 Å². The highest BCUT2D eigenvalue weighted by molar-refractivity contribution is 7.08. The van der Waals surface area contributed by atoms with E-state index in [4.69, 9.17) is 5.73 Å². The van der Waals surface area contributed by atoms with Crippen LogP contribution in [-0.2, 0) is 0 Å². The van der Waals surface area contributed by atoms with E-state index in [2.05, 4.69) is 5.32 Å². The molecule has 2 rings (SSSR count). The van der Waals surface area contributed by atoms with Crippen LogP contribution in [0.2, 0.25) is 0 Å². The second-order valence-electron chi connectivity index (χ2n) is 4.02. The van der Waals surface area contributed by atoms with Gasteiger partial charge in [0.05, 0.1) is 0 Å². The molecule has 0 bridgehead atoms. The Kier molecular flexibility index (Phi) is 5.25. The molecule has 1 aromatic heterocycles. The summed E-state index contributed by atoms with van der Waals surface area (Å²) in [5.41, 5.74) is 6.44. The van der Waals surface area contributed by atoms with Crippen LogP contribution in [0.1, 0.15) is 29.6 Å². The number of thiophene rings is 1. The second kappa shape index (κ2) is 6.23. The molecule has 90 valence electrons. The maximum atomic E-state index is 11.8. The summed E-state index contributed by atoms with van der Waals surface area (Å²) in [5, 5.41) is 6.87. The lowest BCUT2D eigenvalue weighted by Crippen LogP contribution is -2.39. The van der Waals surface area contributed by atoms with E-state index >= 15 is 0 Å². The average Bonchev–Trinajstić information content (AvgIpc) is 2.87. The van der Waals surface area contributed by atoms with Crippen LogP contribution in [-0.4, -0.2) is 18.5 Å². The van der Waals surface area contributed by atoms with Crippen molar-refractivity contribution in [3.05, 3.63) is 22.4 Å². The van der Waals surface area contributed by atoms with Gasteiger partial charge >= 0.3 is 0 Å². The first-order valence-electron chi connectivity index (χ1n) is 5.34. The minimum atomic E-state index is 0. The third-order valence-electron chi connectivity index (χ3n) is 3.06. The van der Waals surface area contributed by atoms with Gasteiger partial charge in [-0.2, -0.15) is 11.3 Å². The zero-order valence-electron chi connectivity index (χ0n) is 9.02. The summed E-state index contributed by atoms with van der Waals surface area (Å²) >= 11 is 1.55. The standard InChI is InChI=1S/C11H16N2OS.ClH/c12-6-8-2-1-3-10(8)13-11(14)9-4-5-15-7-9;/h4-5,7-8,10H,1-3,6,12H2,(H,13,14);1H. The van der Waals surface area contributed by atoms with E-state index in [1.54, 1.807) is 11.3 Å². The predicted octanol–water partition coefficient (Wildman–Crippen LogP) is 2.03. The SMILES string of the molecule is Cl.NCC1CCCC1NC(=O)c1ccsc1. The summed E-state index contributed by atoms with van der Waals surface area (Å²) in [5.74, 6) is 0.509. The van der Waals surface area contributed by atoms with Crippen molar-refractivity contribution >= 4 is 29.7 Å². The quantitative estimate of drug-likeness (QED) is 0.874. The zero-order chi connectivity index (χ0) is 10.7. The number of carbonyl (C=O) groups is 1. The molecule has 3 N–H and O–H groups in total. The Hall–Kier alpha value is -0.580. The number of hydrogen-bond acceptors (Lipinski definition) is 3. The third-order valence-corrected chi connectivity index (χ3v) is 3.74. The number of halogens is 1. The first kappa shape index (κ1) is 13.5. The molecule has 0 spiro atoms. The lowest BCUT2D eigenvalue weighted by Gasteiger charge is -2.18. The first-order valence-corrected chi connectivity index (χ1v) is 6.28. The number of carbonyl (C=O) groups excluding carboxylic acids is 1.